The number of H-pyrrole nitrogens is 1. The topological polar surface area (TPSA) is 115 Å². The first kappa shape index (κ1) is 28.9. The lowest BCUT2D eigenvalue weighted by Crippen LogP contribution is -2.27. The molecule has 0 radical (unpaired) electrons. The SMILES string of the molecule is C[C@H](Nc1ncnc2[nH]ccc(=O)c12)c1c(Cl)c2cccc(-c3cnc(Oc4ccccc4)c(F)c3)c2c(=O)n1-c1ccccc1. The van der Waals surface area contributed by atoms with Gasteiger partial charge >= 0.3 is 0 Å². The molecule has 226 valence electrons. The van der Waals surface area contributed by atoms with E-state index in [-0.39, 0.29) is 33.5 Å². The fourth-order valence-electron chi connectivity index (χ4n) is 5.52. The van der Waals surface area contributed by atoms with Crippen molar-refractivity contribution in [1.29, 1.82) is 0 Å². The van der Waals surface area contributed by atoms with E-state index < -0.39 is 11.9 Å². The molecule has 0 saturated heterocycles. The van der Waals surface area contributed by atoms with Crippen LogP contribution in [-0.4, -0.2) is 24.5 Å². The molecule has 0 aliphatic carbocycles. The number of nitrogens with one attached hydrogen (secondary N) is 2. The molecule has 9 nitrogen and oxygen atoms in total. The molecule has 46 heavy (non-hydrogen) atoms. The highest BCUT2D eigenvalue weighted by atomic mass is 35.5. The monoisotopic (exact) mass is 630 g/mol. The maximum atomic E-state index is 15.3. The van der Waals surface area contributed by atoms with Crippen molar-refractivity contribution in [2.24, 2.45) is 0 Å². The number of halogens is 2. The van der Waals surface area contributed by atoms with Crippen LogP contribution in [0.3, 0.4) is 0 Å². The molecule has 0 amide bonds. The molecule has 0 fully saturated rings. The zero-order chi connectivity index (χ0) is 31.8. The van der Waals surface area contributed by atoms with Crippen LogP contribution in [0.5, 0.6) is 11.6 Å². The molecule has 11 heteroatoms. The van der Waals surface area contributed by atoms with Gasteiger partial charge in [0.25, 0.3) is 11.4 Å². The summed E-state index contributed by atoms with van der Waals surface area (Å²) < 4.78 is 22.5. The van der Waals surface area contributed by atoms with Gasteiger partial charge in [0, 0.05) is 35.1 Å². The molecule has 0 aliphatic heterocycles. The Bertz CT molecular complexity index is 2360. The lowest BCUT2D eigenvalue weighted by Gasteiger charge is -2.24. The summed E-state index contributed by atoms with van der Waals surface area (Å²) in [6, 6.07) is 25.1. The molecule has 0 saturated carbocycles. The Balaban J connectivity index is 1.40. The molecule has 4 aromatic heterocycles. The first-order valence-corrected chi connectivity index (χ1v) is 14.7. The quantitative estimate of drug-likeness (QED) is 0.188. The number of pyridine rings is 3. The molecular weight excluding hydrogens is 607 g/mol. The van der Waals surface area contributed by atoms with E-state index in [1.165, 1.54) is 35.4 Å². The summed E-state index contributed by atoms with van der Waals surface area (Å²) in [5.74, 6) is -0.141. The van der Waals surface area contributed by atoms with Crippen molar-refractivity contribution in [1.82, 2.24) is 24.5 Å². The van der Waals surface area contributed by atoms with Gasteiger partial charge in [-0.25, -0.2) is 19.3 Å². The minimum absolute atomic E-state index is 0.187. The molecule has 7 aromatic rings. The first-order chi connectivity index (χ1) is 22.4. The summed E-state index contributed by atoms with van der Waals surface area (Å²) >= 11 is 7.18. The Hall–Kier alpha value is -5.87. The largest absolute Gasteiger partial charge is 0.436 e. The minimum Gasteiger partial charge on any atom is -0.436 e. The second-order valence-electron chi connectivity index (χ2n) is 10.5. The van der Waals surface area contributed by atoms with Gasteiger partial charge in [-0.3, -0.25) is 14.2 Å². The number of para-hydroxylation sites is 2. The summed E-state index contributed by atoms with van der Waals surface area (Å²) in [5, 5.41) is 4.60. The van der Waals surface area contributed by atoms with Crippen LogP contribution in [0, 0.1) is 5.82 Å². The second kappa shape index (κ2) is 11.9. The van der Waals surface area contributed by atoms with Crippen LogP contribution in [0.1, 0.15) is 18.7 Å². The summed E-state index contributed by atoms with van der Waals surface area (Å²) in [5.41, 5.74) is 1.57. The molecule has 0 spiro atoms. The summed E-state index contributed by atoms with van der Waals surface area (Å²) in [4.78, 5) is 43.0. The Morgan fingerprint density at radius 3 is 2.43 bits per heavy atom. The van der Waals surface area contributed by atoms with Gasteiger partial charge < -0.3 is 15.0 Å². The molecule has 0 aliphatic rings. The standard InChI is InChI=1S/C35H24ClFN6O3/c1-20(42-33-29-27(44)15-16-38-32(29)40-19-41-33)31-30(36)25-14-8-13-24(28(25)35(45)43(31)22-9-4-2-5-10-22)21-17-26(37)34(39-18-21)46-23-11-6-3-7-12-23/h2-20H,1H3,(H2,38,40,41,42,44)/t20-/m0/s1. The van der Waals surface area contributed by atoms with Gasteiger partial charge in [-0.15, -0.1) is 0 Å². The van der Waals surface area contributed by atoms with E-state index in [1.807, 2.05) is 31.2 Å². The zero-order valence-corrected chi connectivity index (χ0v) is 25.0. The number of benzene rings is 3. The number of nitrogens with zero attached hydrogens (tertiary/aromatic N) is 4. The fraction of sp³-hybridized carbons (Fsp3) is 0.0571. The van der Waals surface area contributed by atoms with Gasteiger partial charge in [-0.1, -0.05) is 66.2 Å². The Morgan fingerprint density at radius 2 is 1.67 bits per heavy atom. The number of ether oxygens (including phenoxy) is 1. The number of hydrogen-bond donors (Lipinski definition) is 2. The molecule has 0 unspecified atom stereocenters. The van der Waals surface area contributed by atoms with Gasteiger partial charge in [0.05, 0.1) is 22.1 Å². The maximum Gasteiger partial charge on any atom is 0.263 e. The van der Waals surface area contributed by atoms with Crippen molar-refractivity contribution in [3.8, 4) is 28.4 Å². The number of aromatic amines is 1. The molecule has 4 heterocycles. The van der Waals surface area contributed by atoms with E-state index >= 15 is 4.39 Å². The smallest absolute Gasteiger partial charge is 0.263 e. The van der Waals surface area contributed by atoms with Gasteiger partial charge in [0.1, 0.15) is 28.9 Å². The molecule has 7 rings (SSSR count). The lowest BCUT2D eigenvalue weighted by atomic mass is 9.98. The zero-order valence-electron chi connectivity index (χ0n) is 24.2. The van der Waals surface area contributed by atoms with Gasteiger partial charge in [0.15, 0.2) is 11.2 Å². The molecule has 3 aromatic carbocycles. The molecule has 0 bridgehead atoms. The van der Waals surface area contributed by atoms with E-state index in [2.05, 4.69) is 25.3 Å². The van der Waals surface area contributed by atoms with Crippen LogP contribution in [0.25, 0.3) is 38.6 Å². The molecule has 2 N–H and O–H groups in total. The highest BCUT2D eigenvalue weighted by molar-refractivity contribution is 6.36. The van der Waals surface area contributed by atoms with Crippen molar-refractivity contribution in [2.75, 3.05) is 5.32 Å². The number of aromatic nitrogens is 5. The lowest BCUT2D eigenvalue weighted by molar-refractivity contribution is 0.423. The van der Waals surface area contributed by atoms with Gasteiger partial charge in [-0.2, -0.15) is 0 Å². The maximum absolute atomic E-state index is 15.3. The fourth-order valence-corrected chi connectivity index (χ4v) is 5.93. The van der Waals surface area contributed by atoms with E-state index in [0.29, 0.717) is 44.3 Å². The Kier molecular flexibility index (Phi) is 7.47. The molecular formula is C35H24ClFN6O3. The summed E-state index contributed by atoms with van der Waals surface area (Å²) in [6.07, 6.45) is 4.32. The third-order valence-electron chi connectivity index (χ3n) is 7.59. The second-order valence-corrected chi connectivity index (χ2v) is 10.9. The third kappa shape index (κ3) is 5.14. The Labute approximate surface area is 266 Å². The predicted octanol–water partition coefficient (Wildman–Crippen LogP) is 7.44. The van der Waals surface area contributed by atoms with Crippen molar-refractivity contribution < 1.29 is 9.13 Å². The van der Waals surface area contributed by atoms with Crippen molar-refractivity contribution in [3.63, 3.8) is 0 Å². The minimum atomic E-state index is -0.686. The summed E-state index contributed by atoms with van der Waals surface area (Å²) in [7, 11) is 0. The average molecular weight is 631 g/mol. The van der Waals surface area contributed by atoms with Crippen molar-refractivity contribution in [3.05, 3.63) is 147 Å². The Morgan fingerprint density at radius 1 is 0.913 bits per heavy atom. The van der Waals surface area contributed by atoms with Crippen LogP contribution in [0.4, 0.5) is 10.2 Å². The van der Waals surface area contributed by atoms with Crippen LogP contribution in [0.15, 0.2) is 119 Å². The number of hydrogen-bond acceptors (Lipinski definition) is 7. The third-order valence-corrected chi connectivity index (χ3v) is 7.98. The molecule has 1 atom stereocenters. The number of fused-ring (bicyclic) bond motifs is 2. The summed E-state index contributed by atoms with van der Waals surface area (Å²) in [6.45, 7) is 1.83. The first-order valence-electron chi connectivity index (χ1n) is 14.3. The van der Waals surface area contributed by atoms with Gasteiger partial charge in [0.2, 0.25) is 0 Å². The van der Waals surface area contributed by atoms with Crippen LogP contribution in [0.2, 0.25) is 5.02 Å². The van der Waals surface area contributed by atoms with E-state index in [0.717, 1.165) is 0 Å². The van der Waals surface area contributed by atoms with Crippen molar-refractivity contribution >= 4 is 39.2 Å². The van der Waals surface area contributed by atoms with Crippen LogP contribution in [-0.2, 0) is 0 Å². The number of anilines is 1. The van der Waals surface area contributed by atoms with Gasteiger partial charge in [-0.05, 0) is 42.8 Å². The van der Waals surface area contributed by atoms with E-state index in [4.69, 9.17) is 16.3 Å². The average Bonchev–Trinajstić information content (AvgIpc) is 3.08. The van der Waals surface area contributed by atoms with E-state index in [1.54, 1.807) is 54.6 Å². The highest BCUT2D eigenvalue weighted by Gasteiger charge is 2.25. The predicted molar refractivity (Wildman–Crippen MR) is 176 cm³/mol. The number of rotatable bonds is 7. The van der Waals surface area contributed by atoms with E-state index in [9.17, 15) is 9.59 Å². The van der Waals surface area contributed by atoms with Crippen LogP contribution < -0.4 is 21.0 Å². The van der Waals surface area contributed by atoms with Crippen LogP contribution >= 0.6 is 11.6 Å². The van der Waals surface area contributed by atoms with Crippen molar-refractivity contribution in [2.45, 2.75) is 13.0 Å². The normalized spacial score (nSPS) is 11.9. The highest BCUT2D eigenvalue weighted by Crippen LogP contribution is 2.37.